The van der Waals surface area contributed by atoms with Crippen LogP contribution in [-0.4, -0.2) is 55.6 Å². The van der Waals surface area contributed by atoms with Crippen LogP contribution in [0, 0.1) is 0 Å². The fourth-order valence-electron chi connectivity index (χ4n) is 4.97. The van der Waals surface area contributed by atoms with Crippen molar-refractivity contribution in [3.8, 4) is 17.1 Å². The normalized spacial score (nSPS) is 16.7. The summed E-state index contributed by atoms with van der Waals surface area (Å²) < 4.78 is 32.5. The van der Waals surface area contributed by atoms with Crippen molar-refractivity contribution in [1.82, 2.24) is 14.8 Å². The van der Waals surface area contributed by atoms with Gasteiger partial charge in [0.1, 0.15) is 22.1 Å². The van der Waals surface area contributed by atoms with Crippen LogP contribution >= 0.6 is 11.3 Å². The third-order valence-corrected chi connectivity index (χ3v) is 13.9. The van der Waals surface area contributed by atoms with Gasteiger partial charge in [-0.1, -0.05) is 51.1 Å². The number of thiazole rings is 1. The number of benzene rings is 2. The Morgan fingerprint density at radius 3 is 2.58 bits per heavy atom. The SMILES string of the molecule is CC(CCOCCOCc1nc(-c2nn(C3CCCCO3)c3ccc(O[Si](C)(C)C(C)(C)C)cc23)cs1)OCc1ccccc1. The third kappa shape index (κ3) is 9.02. The molecule has 45 heavy (non-hydrogen) atoms. The second-order valence-electron chi connectivity index (χ2n) is 13.3. The lowest BCUT2D eigenvalue weighted by Crippen LogP contribution is -2.43. The minimum atomic E-state index is -2.00. The molecule has 2 aromatic carbocycles. The first kappa shape index (κ1) is 33.8. The molecule has 0 N–H and O–H groups in total. The van der Waals surface area contributed by atoms with Crippen LogP contribution in [0.4, 0.5) is 0 Å². The van der Waals surface area contributed by atoms with E-state index in [9.17, 15) is 0 Å². The summed E-state index contributed by atoms with van der Waals surface area (Å²) in [6.07, 6.45) is 4.10. The lowest BCUT2D eigenvalue weighted by Gasteiger charge is -2.36. The molecular formula is C35H49N3O5SSi. The minimum Gasteiger partial charge on any atom is -0.543 e. The van der Waals surface area contributed by atoms with Crippen molar-refractivity contribution in [1.29, 1.82) is 0 Å². The molecule has 0 amide bonds. The maximum Gasteiger partial charge on any atom is 0.250 e. The number of fused-ring (bicyclic) bond motifs is 1. The van der Waals surface area contributed by atoms with E-state index in [4.69, 9.17) is 33.5 Å². The molecule has 0 spiro atoms. The van der Waals surface area contributed by atoms with Gasteiger partial charge in [-0.05, 0) is 74.5 Å². The van der Waals surface area contributed by atoms with Crippen LogP contribution in [0.1, 0.15) is 70.2 Å². The van der Waals surface area contributed by atoms with E-state index in [0.717, 1.165) is 65.3 Å². The van der Waals surface area contributed by atoms with Crippen molar-refractivity contribution in [2.45, 2.75) is 97.1 Å². The third-order valence-electron chi connectivity index (χ3n) is 8.72. The molecule has 1 aliphatic rings. The number of ether oxygens (including phenoxy) is 4. The van der Waals surface area contributed by atoms with Crippen molar-refractivity contribution in [3.05, 3.63) is 64.5 Å². The van der Waals surface area contributed by atoms with Gasteiger partial charge in [0.2, 0.25) is 8.32 Å². The molecule has 2 unspecified atom stereocenters. The zero-order valence-corrected chi connectivity index (χ0v) is 29.5. The molecule has 1 fully saturated rings. The summed E-state index contributed by atoms with van der Waals surface area (Å²) in [7, 11) is -2.00. The highest BCUT2D eigenvalue weighted by atomic mass is 32.1. The van der Waals surface area contributed by atoms with Gasteiger partial charge in [0, 0.05) is 24.0 Å². The van der Waals surface area contributed by atoms with E-state index in [-0.39, 0.29) is 17.4 Å². The monoisotopic (exact) mass is 651 g/mol. The second kappa shape index (κ2) is 15.3. The maximum absolute atomic E-state index is 6.68. The Hall–Kier alpha value is -2.60. The molecule has 2 aromatic heterocycles. The molecule has 1 saturated heterocycles. The second-order valence-corrected chi connectivity index (χ2v) is 19.0. The Labute approximate surface area is 273 Å². The Kier molecular flexibility index (Phi) is 11.5. The minimum absolute atomic E-state index is 0.0676. The van der Waals surface area contributed by atoms with Crippen molar-refractivity contribution < 1.29 is 23.4 Å². The van der Waals surface area contributed by atoms with Crippen molar-refractivity contribution in [2.75, 3.05) is 26.4 Å². The summed E-state index contributed by atoms with van der Waals surface area (Å²) in [5.41, 5.74) is 3.93. The van der Waals surface area contributed by atoms with Crippen LogP contribution in [0.3, 0.4) is 0 Å². The van der Waals surface area contributed by atoms with Crippen molar-refractivity contribution in [3.63, 3.8) is 0 Å². The summed E-state index contributed by atoms with van der Waals surface area (Å²) in [6.45, 7) is 16.9. The Morgan fingerprint density at radius 2 is 1.82 bits per heavy atom. The highest BCUT2D eigenvalue weighted by molar-refractivity contribution is 7.09. The van der Waals surface area contributed by atoms with Gasteiger partial charge in [-0.2, -0.15) is 5.10 Å². The molecule has 3 heterocycles. The summed E-state index contributed by atoms with van der Waals surface area (Å²) in [5, 5.41) is 9.21. The average molecular weight is 652 g/mol. The van der Waals surface area contributed by atoms with Gasteiger partial charge in [-0.15, -0.1) is 11.3 Å². The van der Waals surface area contributed by atoms with Crippen LogP contribution in [0.15, 0.2) is 53.9 Å². The van der Waals surface area contributed by atoms with Crippen LogP contribution in [-0.2, 0) is 32.2 Å². The van der Waals surface area contributed by atoms with Crippen LogP contribution in [0.25, 0.3) is 22.3 Å². The van der Waals surface area contributed by atoms with E-state index < -0.39 is 8.32 Å². The molecule has 8 nitrogen and oxygen atoms in total. The van der Waals surface area contributed by atoms with Crippen molar-refractivity contribution in [2.24, 2.45) is 0 Å². The lowest BCUT2D eigenvalue weighted by atomic mass is 10.1. The quantitative estimate of drug-likeness (QED) is 0.0939. The molecule has 0 aliphatic carbocycles. The molecule has 4 aromatic rings. The predicted molar refractivity (Wildman–Crippen MR) is 183 cm³/mol. The van der Waals surface area contributed by atoms with E-state index >= 15 is 0 Å². The lowest BCUT2D eigenvalue weighted by molar-refractivity contribution is -0.0365. The summed E-state index contributed by atoms with van der Waals surface area (Å²) >= 11 is 1.59. The smallest absolute Gasteiger partial charge is 0.250 e. The molecule has 0 bridgehead atoms. The zero-order valence-electron chi connectivity index (χ0n) is 27.7. The maximum atomic E-state index is 6.68. The standard InChI is InChI=1S/C35H49N3O5SSi/c1-26(42-23-27-12-8-7-9-13-27)17-19-39-20-21-40-24-32-36-30(25-44-32)34-29-22-28(43-45(5,6)35(2,3)4)15-16-31(29)38(37-34)33-14-10-11-18-41-33/h7-9,12-13,15-16,22,25-26,33H,10-11,14,17-21,23-24H2,1-6H3. The Bertz CT molecular complexity index is 1490. The molecule has 2 atom stereocenters. The van der Waals surface area contributed by atoms with Crippen LogP contribution in [0.2, 0.25) is 18.1 Å². The Balaban J connectivity index is 1.17. The van der Waals surface area contributed by atoms with Gasteiger partial charge in [0.25, 0.3) is 0 Å². The van der Waals surface area contributed by atoms with Crippen LogP contribution in [0.5, 0.6) is 5.75 Å². The first-order valence-electron chi connectivity index (χ1n) is 16.2. The number of nitrogens with zero attached hydrogens (tertiary/aromatic N) is 3. The predicted octanol–water partition coefficient (Wildman–Crippen LogP) is 8.77. The molecule has 0 saturated carbocycles. The van der Waals surface area contributed by atoms with Gasteiger partial charge in [0.05, 0.1) is 38.0 Å². The zero-order chi connectivity index (χ0) is 31.9. The first-order chi connectivity index (χ1) is 21.6. The van der Waals surface area contributed by atoms with Gasteiger partial charge in [-0.25, -0.2) is 9.67 Å². The first-order valence-corrected chi connectivity index (χ1v) is 20.0. The van der Waals surface area contributed by atoms with E-state index in [1.165, 1.54) is 5.56 Å². The van der Waals surface area contributed by atoms with Gasteiger partial charge < -0.3 is 23.4 Å². The fourth-order valence-corrected chi connectivity index (χ4v) is 6.70. The molecule has 10 heteroatoms. The molecule has 1 aliphatic heterocycles. The Morgan fingerprint density at radius 1 is 1.02 bits per heavy atom. The highest BCUT2D eigenvalue weighted by Crippen LogP contribution is 2.40. The topological polar surface area (TPSA) is 76.9 Å². The van der Waals surface area contributed by atoms with E-state index in [2.05, 4.69) is 76.5 Å². The number of hydrogen-bond donors (Lipinski definition) is 0. The summed E-state index contributed by atoms with van der Waals surface area (Å²) in [5.74, 6) is 0.885. The average Bonchev–Trinajstić information content (AvgIpc) is 3.64. The molecule has 244 valence electrons. The fraction of sp³-hybridized carbons (Fsp3) is 0.543. The number of hydrogen-bond acceptors (Lipinski definition) is 8. The van der Waals surface area contributed by atoms with E-state index in [1.54, 1.807) is 11.3 Å². The molecule has 0 radical (unpaired) electrons. The van der Waals surface area contributed by atoms with Crippen LogP contribution < -0.4 is 4.43 Å². The summed E-state index contributed by atoms with van der Waals surface area (Å²) in [4.78, 5) is 4.92. The van der Waals surface area contributed by atoms with E-state index in [1.807, 2.05) is 22.9 Å². The van der Waals surface area contributed by atoms with E-state index in [0.29, 0.717) is 33.0 Å². The number of aromatic nitrogens is 3. The molecular weight excluding hydrogens is 603 g/mol. The van der Waals surface area contributed by atoms with Gasteiger partial charge in [0.15, 0.2) is 6.23 Å². The number of rotatable bonds is 15. The summed E-state index contributed by atoms with van der Waals surface area (Å²) in [6, 6.07) is 16.6. The highest BCUT2D eigenvalue weighted by Gasteiger charge is 2.39. The molecule has 5 rings (SSSR count). The van der Waals surface area contributed by atoms with Gasteiger partial charge >= 0.3 is 0 Å². The largest absolute Gasteiger partial charge is 0.543 e. The van der Waals surface area contributed by atoms with Crippen molar-refractivity contribution >= 4 is 30.6 Å². The van der Waals surface area contributed by atoms with Gasteiger partial charge in [-0.3, -0.25) is 0 Å².